The molecular weight excluding hydrogens is 221 g/mol. The number of hydrogen-bond donors (Lipinski definition) is 0. The van der Waals surface area contributed by atoms with E-state index in [4.69, 9.17) is 5.53 Å². The molecule has 5 nitrogen and oxygen atoms in total. The molecule has 0 atom stereocenters. The van der Waals surface area contributed by atoms with E-state index >= 15 is 0 Å². The second kappa shape index (κ2) is 5.03. The molecule has 6 heteroatoms. The second-order valence-electron chi connectivity index (χ2n) is 4.11. The summed E-state index contributed by atoms with van der Waals surface area (Å²) in [6.07, 6.45) is 0. The Morgan fingerprint density at radius 1 is 1.29 bits per heavy atom. The summed E-state index contributed by atoms with van der Waals surface area (Å²) in [5, 5.41) is 3.55. The van der Waals surface area contributed by atoms with Gasteiger partial charge in [0.1, 0.15) is 5.82 Å². The number of azide groups is 1. The van der Waals surface area contributed by atoms with E-state index in [1.54, 1.807) is 6.07 Å². The van der Waals surface area contributed by atoms with Crippen LogP contribution in [0.5, 0.6) is 0 Å². The van der Waals surface area contributed by atoms with Gasteiger partial charge in [-0.1, -0.05) is 5.11 Å². The molecule has 0 spiro atoms. The average molecular weight is 235 g/mol. The number of likely N-dealkylation sites (N-methyl/N-ethyl adjacent to an activating group) is 1. The molecule has 0 saturated carbocycles. The molecule has 2 rings (SSSR count). The SMILES string of the molecule is CN1CCN(c2ccc(F)cc2N=[N+]=[N-])CC1. The van der Waals surface area contributed by atoms with Crippen molar-refractivity contribution in [2.24, 2.45) is 5.11 Å². The zero-order valence-electron chi connectivity index (χ0n) is 9.67. The fraction of sp³-hybridized carbons (Fsp3) is 0.455. The van der Waals surface area contributed by atoms with Crippen LogP contribution in [0.3, 0.4) is 0 Å². The van der Waals surface area contributed by atoms with Crippen molar-refractivity contribution in [3.63, 3.8) is 0 Å². The number of benzene rings is 1. The van der Waals surface area contributed by atoms with Gasteiger partial charge in [0.05, 0.1) is 5.69 Å². The smallest absolute Gasteiger partial charge is 0.123 e. The van der Waals surface area contributed by atoms with Gasteiger partial charge in [0.2, 0.25) is 0 Å². The third kappa shape index (κ3) is 2.67. The number of anilines is 1. The maximum Gasteiger partial charge on any atom is 0.123 e. The summed E-state index contributed by atoms with van der Waals surface area (Å²) >= 11 is 0. The molecule has 0 N–H and O–H groups in total. The average Bonchev–Trinajstić information content (AvgIpc) is 2.31. The van der Waals surface area contributed by atoms with Crippen molar-refractivity contribution < 1.29 is 4.39 Å². The molecule has 0 aliphatic carbocycles. The standard InChI is InChI=1S/C11H14FN5/c1-16-4-6-17(7-5-16)11-3-2-9(12)8-10(11)14-15-13/h2-3,8H,4-7H2,1H3. The van der Waals surface area contributed by atoms with Crippen LogP contribution in [0.2, 0.25) is 0 Å². The Morgan fingerprint density at radius 2 is 2.00 bits per heavy atom. The summed E-state index contributed by atoms with van der Waals surface area (Å²) in [5.41, 5.74) is 9.65. The molecule has 1 aromatic carbocycles. The lowest BCUT2D eigenvalue weighted by Gasteiger charge is -2.34. The highest BCUT2D eigenvalue weighted by atomic mass is 19.1. The van der Waals surface area contributed by atoms with Gasteiger partial charge in [-0.25, -0.2) is 4.39 Å². The van der Waals surface area contributed by atoms with Gasteiger partial charge in [-0.05, 0) is 30.8 Å². The van der Waals surface area contributed by atoms with E-state index in [2.05, 4.69) is 26.9 Å². The van der Waals surface area contributed by atoms with Gasteiger partial charge >= 0.3 is 0 Å². The minimum atomic E-state index is -0.384. The van der Waals surface area contributed by atoms with Crippen molar-refractivity contribution in [3.05, 3.63) is 34.5 Å². The molecule has 1 saturated heterocycles. The van der Waals surface area contributed by atoms with Gasteiger partial charge in [0.25, 0.3) is 0 Å². The Balaban J connectivity index is 2.28. The summed E-state index contributed by atoms with van der Waals surface area (Å²) in [5.74, 6) is -0.384. The molecule has 1 aliphatic heterocycles. The van der Waals surface area contributed by atoms with Crippen LogP contribution < -0.4 is 4.90 Å². The Bertz CT molecular complexity index is 447. The fourth-order valence-corrected chi connectivity index (χ4v) is 1.94. The highest BCUT2D eigenvalue weighted by Gasteiger charge is 2.16. The van der Waals surface area contributed by atoms with Gasteiger partial charge < -0.3 is 9.80 Å². The van der Waals surface area contributed by atoms with Gasteiger partial charge in [-0.2, -0.15) is 0 Å². The Labute approximate surface area is 99.1 Å². The predicted octanol–water partition coefficient (Wildman–Crippen LogP) is 2.52. The highest BCUT2D eigenvalue weighted by Crippen LogP contribution is 2.30. The summed E-state index contributed by atoms with van der Waals surface area (Å²) in [4.78, 5) is 7.08. The van der Waals surface area contributed by atoms with E-state index in [0.717, 1.165) is 31.9 Å². The first kappa shape index (κ1) is 11.7. The molecule has 0 aromatic heterocycles. The van der Waals surface area contributed by atoms with Crippen LogP contribution in [0.15, 0.2) is 23.3 Å². The van der Waals surface area contributed by atoms with E-state index in [1.807, 2.05) is 0 Å². The summed E-state index contributed by atoms with van der Waals surface area (Å²) in [6, 6.07) is 4.34. The van der Waals surface area contributed by atoms with Crippen molar-refractivity contribution in [1.29, 1.82) is 0 Å². The Hall–Kier alpha value is -1.78. The third-order valence-corrected chi connectivity index (χ3v) is 2.93. The topological polar surface area (TPSA) is 55.2 Å². The molecule has 1 aromatic rings. The van der Waals surface area contributed by atoms with Crippen LogP contribution in [0.25, 0.3) is 10.4 Å². The Kier molecular flexibility index (Phi) is 3.46. The van der Waals surface area contributed by atoms with E-state index < -0.39 is 0 Å². The van der Waals surface area contributed by atoms with E-state index in [1.165, 1.54) is 12.1 Å². The minimum absolute atomic E-state index is 0.358. The first-order valence-electron chi connectivity index (χ1n) is 5.49. The van der Waals surface area contributed by atoms with Crippen molar-refractivity contribution >= 4 is 11.4 Å². The van der Waals surface area contributed by atoms with Crippen molar-refractivity contribution in [2.75, 3.05) is 38.1 Å². The fourth-order valence-electron chi connectivity index (χ4n) is 1.94. The summed E-state index contributed by atoms with van der Waals surface area (Å²) in [7, 11) is 2.07. The van der Waals surface area contributed by atoms with Crippen molar-refractivity contribution in [2.45, 2.75) is 0 Å². The molecule has 0 bridgehead atoms. The van der Waals surface area contributed by atoms with Crippen LogP contribution >= 0.6 is 0 Å². The molecule has 0 unspecified atom stereocenters. The quantitative estimate of drug-likeness (QED) is 0.449. The number of hydrogen-bond acceptors (Lipinski definition) is 3. The molecule has 1 fully saturated rings. The largest absolute Gasteiger partial charge is 0.369 e. The first-order valence-corrected chi connectivity index (χ1v) is 5.49. The minimum Gasteiger partial charge on any atom is -0.369 e. The van der Waals surface area contributed by atoms with E-state index in [0.29, 0.717) is 5.69 Å². The zero-order valence-corrected chi connectivity index (χ0v) is 9.67. The number of halogens is 1. The van der Waals surface area contributed by atoms with Gasteiger partial charge in [0, 0.05) is 36.8 Å². The lowest BCUT2D eigenvalue weighted by Crippen LogP contribution is -2.44. The monoisotopic (exact) mass is 235 g/mol. The van der Waals surface area contributed by atoms with Crippen LogP contribution in [0, 0.1) is 5.82 Å². The van der Waals surface area contributed by atoms with Gasteiger partial charge in [0.15, 0.2) is 0 Å². The lowest BCUT2D eigenvalue weighted by molar-refractivity contribution is 0.313. The van der Waals surface area contributed by atoms with Crippen LogP contribution in [-0.2, 0) is 0 Å². The maximum absolute atomic E-state index is 13.1. The predicted molar refractivity (Wildman–Crippen MR) is 64.9 cm³/mol. The molecule has 90 valence electrons. The second-order valence-corrected chi connectivity index (χ2v) is 4.11. The summed E-state index contributed by atoms with van der Waals surface area (Å²) in [6.45, 7) is 3.62. The highest BCUT2D eigenvalue weighted by molar-refractivity contribution is 5.67. The van der Waals surface area contributed by atoms with Crippen LogP contribution in [0.4, 0.5) is 15.8 Å². The van der Waals surface area contributed by atoms with E-state index in [-0.39, 0.29) is 5.82 Å². The number of piperazine rings is 1. The number of nitrogens with zero attached hydrogens (tertiary/aromatic N) is 5. The zero-order chi connectivity index (χ0) is 12.3. The number of rotatable bonds is 2. The summed E-state index contributed by atoms with van der Waals surface area (Å²) < 4.78 is 13.1. The van der Waals surface area contributed by atoms with Crippen LogP contribution in [0.1, 0.15) is 0 Å². The van der Waals surface area contributed by atoms with Crippen molar-refractivity contribution in [1.82, 2.24) is 4.90 Å². The third-order valence-electron chi connectivity index (χ3n) is 2.93. The van der Waals surface area contributed by atoms with Crippen LogP contribution in [-0.4, -0.2) is 38.1 Å². The molecule has 1 aliphatic rings. The van der Waals surface area contributed by atoms with Gasteiger partial charge in [-0.3, -0.25) is 0 Å². The molecule has 0 amide bonds. The van der Waals surface area contributed by atoms with Gasteiger partial charge in [-0.15, -0.1) is 0 Å². The lowest BCUT2D eigenvalue weighted by atomic mass is 10.2. The normalized spacial score (nSPS) is 16.7. The van der Waals surface area contributed by atoms with E-state index in [9.17, 15) is 4.39 Å². The molecular formula is C11H14FN5. The molecule has 1 heterocycles. The van der Waals surface area contributed by atoms with Crippen molar-refractivity contribution in [3.8, 4) is 0 Å². The first-order chi connectivity index (χ1) is 8.20. The molecule has 0 radical (unpaired) electrons. The Morgan fingerprint density at radius 3 is 2.65 bits per heavy atom. The maximum atomic E-state index is 13.1. The molecule has 17 heavy (non-hydrogen) atoms.